The first-order valence-electron chi connectivity index (χ1n) is 7.01. The van der Waals surface area contributed by atoms with Gasteiger partial charge in [-0.15, -0.1) is 0 Å². The SMILES string of the molecule is CCCCN(CCO)Cc1cn2cccc(C)c2n1. The second-order valence-electron chi connectivity index (χ2n) is 5.01. The molecule has 0 radical (unpaired) electrons. The van der Waals surface area contributed by atoms with E-state index in [0.29, 0.717) is 6.54 Å². The Labute approximate surface area is 114 Å². The summed E-state index contributed by atoms with van der Waals surface area (Å²) >= 11 is 0. The fourth-order valence-electron chi connectivity index (χ4n) is 2.30. The number of aromatic nitrogens is 2. The fourth-order valence-corrected chi connectivity index (χ4v) is 2.30. The molecule has 0 aliphatic carbocycles. The Morgan fingerprint density at radius 2 is 2.21 bits per heavy atom. The highest BCUT2D eigenvalue weighted by Crippen LogP contribution is 2.11. The Balaban J connectivity index is 2.12. The molecule has 0 aliphatic heterocycles. The number of hydrogen-bond acceptors (Lipinski definition) is 3. The summed E-state index contributed by atoms with van der Waals surface area (Å²) in [6, 6.07) is 4.12. The van der Waals surface area contributed by atoms with E-state index in [1.807, 2.05) is 12.3 Å². The summed E-state index contributed by atoms with van der Waals surface area (Å²) in [5.74, 6) is 0. The van der Waals surface area contributed by atoms with Crippen molar-refractivity contribution in [1.29, 1.82) is 0 Å². The highest BCUT2D eigenvalue weighted by Gasteiger charge is 2.09. The average molecular weight is 261 g/mol. The van der Waals surface area contributed by atoms with Gasteiger partial charge in [0.25, 0.3) is 0 Å². The van der Waals surface area contributed by atoms with Gasteiger partial charge in [-0.3, -0.25) is 4.90 Å². The van der Waals surface area contributed by atoms with E-state index in [1.165, 1.54) is 12.0 Å². The number of pyridine rings is 1. The number of fused-ring (bicyclic) bond motifs is 1. The summed E-state index contributed by atoms with van der Waals surface area (Å²) in [6.45, 7) is 7.01. The summed E-state index contributed by atoms with van der Waals surface area (Å²) in [5, 5.41) is 9.13. The summed E-state index contributed by atoms with van der Waals surface area (Å²) in [5.41, 5.74) is 3.28. The van der Waals surface area contributed by atoms with Crippen LogP contribution in [0.3, 0.4) is 0 Å². The molecule has 104 valence electrons. The van der Waals surface area contributed by atoms with E-state index in [-0.39, 0.29) is 6.61 Å². The van der Waals surface area contributed by atoms with Crippen LogP contribution in [0.1, 0.15) is 31.0 Å². The van der Waals surface area contributed by atoms with Gasteiger partial charge < -0.3 is 9.51 Å². The number of unbranched alkanes of at least 4 members (excludes halogenated alkanes) is 1. The molecule has 0 aromatic carbocycles. The average Bonchev–Trinajstić information content (AvgIpc) is 2.80. The normalized spacial score (nSPS) is 11.6. The molecule has 2 aromatic rings. The smallest absolute Gasteiger partial charge is 0.139 e. The highest BCUT2D eigenvalue weighted by atomic mass is 16.3. The lowest BCUT2D eigenvalue weighted by Crippen LogP contribution is -2.27. The predicted octanol–water partition coefficient (Wildman–Crippen LogP) is 2.24. The Hall–Kier alpha value is -1.39. The Kier molecular flexibility index (Phi) is 4.93. The molecule has 1 N–H and O–H groups in total. The molecule has 19 heavy (non-hydrogen) atoms. The van der Waals surface area contributed by atoms with E-state index < -0.39 is 0 Å². The van der Waals surface area contributed by atoms with Crippen molar-refractivity contribution in [3.8, 4) is 0 Å². The molecule has 4 heteroatoms. The molecule has 2 aromatic heterocycles. The van der Waals surface area contributed by atoms with Crippen LogP contribution >= 0.6 is 0 Å². The first-order valence-corrected chi connectivity index (χ1v) is 7.01. The lowest BCUT2D eigenvalue weighted by molar-refractivity contribution is 0.187. The third-order valence-electron chi connectivity index (χ3n) is 3.36. The molecule has 0 bridgehead atoms. The molecule has 0 saturated carbocycles. The second-order valence-corrected chi connectivity index (χ2v) is 5.01. The molecule has 0 atom stereocenters. The van der Waals surface area contributed by atoms with Gasteiger partial charge in [-0.25, -0.2) is 4.98 Å². The first-order chi connectivity index (χ1) is 9.24. The van der Waals surface area contributed by atoms with Gasteiger partial charge in [0, 0.05) is 25.5 Å². The summed E-state index contributed by atoms with van der Waals surface area (Å²) in [7, 11) is 0. The summed E-state index contributed by atoms with van der Waals surface area (Å²) in [6.07, 6.45) is 6.44. The van der Waals surface area contributed by atoms with Gasteiger partial charge in [-0.2, -0.15) is 0 Å². The van der Waals surface area contributed by atoms with E-state index in [4.69, 9.17) is 5.11 Å². The third kappa shape index (κ3) is 3.55. The maximum Gasteiger partial charge on any atom is 0.139 e. The zero-order valence-electron chi connectivity index (χ0n) is 11.8. The van der Waals surface area contributed by atoms with Crippen molar-refractivity contribution in [3.05, 3.63) is 35.8 Å². The van der Waals surface area contributed by atoms with Crippen molar-refractivity contribution < 1.29 is 5.11 Å². The number of rotatable bonds is 7. The number of imidazole rings is 1. The van der Waals surface area contributed by atoms with Gasteiger partial charge >= 0.3 is 0 Å². The van der Waals surface area contributed by atoms with Gasteiger partial charge in [0.05, 0.1) is 12.3 Å². The fraction of sp³-hybridized carbons (Fsp3) is 0.533. The van der Waals surface area contributed by atoms with Crippen LogP contribution in [0.5, 0.6) is 0 Å². The highest BCUT2D eigenvalue weighted by molar-refractivity contribution is 5.47. The van der Waals surface area contributed by atoms with Crippen LogP contribution in [0.15, 0.2) is 24.5 Å². The van der Waals surface area contributed by atoms with Crippen molar-refractivity contribution in [1.82, 2.24) is 14.3 Å². The van der Waals surface area contributed by atoms with Crippen molar-refractivity contribution >= 4 is 5.65 Å². The van der Waals surface area contributed by atoms with E-state index in [0.717, 1.165) is 30.9 Å². The molecule has 4 nitrogen and oxygen atoms in total. The first kappa shape index (κ1) is 14.0. The summed E-state index contributed by atoms with van der Waals surface area (Å²) in [4.78, 5) is 6.95. The van der Waals surface area contributed by atoms with Crippen molar-refractivity contribution in [2.45, 2.75) is 33.2 Å². The standard InChI is InChI=1S/C15H23N3O/c1-3-4-7-17(9-10-19)11-14-12-18-8-5-6-13(2)15(18)16-14/h5-6,8,12,19H,3-4,7,9-11H2,1-2H3. The molecular weight excluding hydrogens is 238 g/mol. The van der Waals surface area contributed by atoms with Gasteiger partial charge in [0.2, 0.25) is 0 Å². The van der Waals surface area contributed by atoms with Crippen LogP contribution < -0.4 is 0 Å². The molecule has 0 fully saturated rings. The van der Waals surface area contributed by atoms with Crippen LogP contribution in [-0.4, -0.2) is 39.1 Å². The second kappa shape index (κ2) is 6.68. The van der Waals surface area contributed by atoms with E-state index >= 15 is 0 Å². The maximum atomic E-state index is 9.13. The summed E-state index contributed by atoms with van der Waals surface area (Å²) < 4.78 is 2.07. The number of aliphatic hydroxyl groups is 1. The van der Waals surface area contributed by atoms with Crippen molar-refractivity contribution in [2.75, 3.05) is 19.7 Å². The minimum Gasteiger partial charge on any atom is -0.395 e. The topological polar surface area (TPSA) is 40.8 Å². The molecular formula is C15H23N3O. The third-order valence-corrected chi connectivity index (χ3v) is 3.36. The Morgan fingerprint density at radius 3 is 2.89 bits per heavy atom. The molecule has 0 saturated heterocycles. The zero-order chi connectivity index (χ0) is 13.7. The van der Waals surface area contributed by atoms with Gasteiger partial charge in [0.15, 0.2) is 0 Å². The molecule has 0 aliphatic rings. The van der Waals surface area contributed by atoms with Crippen LogP contribution in [0.25, 0.3) is 5.65 Å². The molecule has 0 spiro atoms. The van der Waals surface area contributed by atoms with Crippen molar-refractivity contribution in [2.24, 2.45) is 0 Å². The van der Waals surface area contributed by atoms with Gasteiger partial charge in [0.1, 0.15) is 5.65 Å². The van der Waals surface area contributed by atoms with Crippen LogP contribution in [0.2, 0.25) is 0 Å². The lowest BCUT2D eigenvalue weighted by Gasteiger charge is -2.19. The van der Waals surface area contributed by atoms with Crippen molar-refractivity contribution in [3.63, 3.8) is 0 Å². The molecule has 0 amide bonds. The maximum absolute atomic E-state index is 9.13. The number of aliphatic hydroxyl groups excluding tert-OH is 1. The number of hydrogen-bond donors (Lipinski definition) is 1. The quantitative estimate of drug-likeness (QED) is 0.831. The van der Waals surface area contributed by atoms with E-state index in [9.17, 15) is 0 Å². The number of aryl methyl sites for hydroxylation is 1. The van der Waals surface area contributed by atoms with Crippen LogP contribution in [0, 0.1) is 6.92 Å². The van der Waals surface area contributed by atoms with E-state index in [2.05, 4.69) is 40.4 Å². The largest absolute Gasteiger partial charge is 0.395 e. The molecule has 2 heterocycles. The monoisotopic (exact) mass is 261 g/mol. The Morgan fingerprint density at radius 1 is 1.37 bits per heavy atom. The van der Waals surface area contributed by atoms with Gasteiger partial charge in [-0.05, 0) is 31.5 Å². The van der Waals surface area contributed by atoms with Crippen LogP contribution in [0.4, 0.5) is 0 Å². The van der Waals surface area contributed by atoms with E-state index in [1.54, 1.807) is 0 Å². The van der Waals surface area contributed by atoms with Crippen LogP contribution in [-0.2, 0) is 6.54 Å². The lowest BCUT2D eigenvalue weighted by atomic mass is 10.3. The predicted molar refractivity (Wildman–Crippen MR) is 77.2 cm³/mol. The number of nitrogens with zero attached hydrogens (tertiary/aromatic N) is 3. The Bertz CT molecular complexity index is 521. The minimum atomic E-state index is 0.204. The molecule has 0 unspecified atom stereocenters. The minimum absolute atomic E-state index is 0.204. The zero-order valence-corrected chi connectivity index (χ0v) is 11.8. The molecule has 2 rings (SSSR count). The van der Waals surface area contributed by atoms with Gasteiger partial charge in [-0.1, -0.05) is 19.4 Å².